The molecule has 1 aromatic carbocycles. The third-order valence-corrected chi connectivity index (χ3v) is 9.45. The first-order valence-electron chi connectivity index (χ1n) is 12.2. The number of anilines is 1. The first-order chi connectivity index (χ1) is 16.8. The van der Waals surface area contributed by atoms with Crippen LogP contribution in [0.3, 0.4) is 0 Å². The van der Waals surface area contributed by atoms with Crippen molar-refractivity contribution in [2.75, 3.05) is 31.2 Å². The molecule has 1 N–H and O–H groups in total. The van der Waals surface area contributed by atoms with E-state index in [-0.39, 0.29) is 36.8 Å². The molecular weight excluding hydrogens is 464 g/mol. The van der Waals surface area contributed by atoms with E-state index in [0.717, 1.165) is 23.2 Å². The van der Waals surface area contributed by atoms with Crippen LogP contribution in [0.2, 0.25) is 0 Å². The van der Waals surface area contributed by atoms with Gasteiger partial charge in [-0.2, -0.15) is 0 Å². The number of aryl methyl sites for hydroxylation is 2. The number of aliphatic hydroxyl groups is 1. The lowest BCUT2D eigenvalue weighted by Gasteiger charge is -2.38. The van der Waals surface area contributed by atoms with Crippen molar-refractivity contribution in [2.45, 2.75) is 49.1 Å². The van der Waals surface area contributed by atoms with Gasteiger partial charge in [0.15, 0.2) is 0 Å². The molecule has 8 heteroatoms. The molecule has 188 valence electrons. The maximum Gasteiger partial charge on any atom is 0.311 e. The molecule has 1 spiro atoms. The molecule has 7 nitrogen and oxygen atoms in total. The van der Waals surface area contributed by atoms with Gasteiger partial charge in [0.05, 0.1) is 16.6 Å². The van der Waals surface area contributed by atoms with Gasteiger partial charge in [-0.25, -0.2) is 0 Å². The monoisotopic (exact) mass is 498 g/mol. The molecule has 3 aliphatic rings. The van der Waals surface area contributed by atoms with Crippen molar-refractivity contribution in [3.8, 4) is 0 Å². The van der Waals surface area contributed by atoms with Crippen LogP contribution in [-0.2, 0) is 19.1 Å². The van der Waals surface area contributed by atoms with Gasteiger partial charge in [0.1, 0.15) is 12.6 Å². The fourth-order valence-electron chi connectivity index (χ4n) is 6.22. The van der Waals surface area contributed by atoms with Crippen molar-refractivity contribution in [2.24, 2.45) is 11.8 Å². The number of para-hydroxylation sites is 1. The molecule has 0 saturated carbocycles. The smallest absolute Gasteiger partial charge is 0.311 e. The number of thioether (sulfide) groups is 1. The predicted molar refractivity (Wildman–Crippen MR) is 137 cm³/mol. The van der Waals surface area contributed by atoms with E-state index in [1.54, 1.807) is 27.6 Å². The maximum atomic E-state index is 14.4. The maximum absolute atomic E-state index is 14.4. The van der Waals surface area contributed by atoms with Crippen LogP contribution in [0, 0.1) is 25.7 Å². The highest BCUT2D eigenvalue weighted by Gasteiger charge is 2.74. The Morgan fingerprint density at radius 1 is 1.29 bits per heavy atom. The zero-order valence-electron chi connectivity index (χ0n) is 20.4. The Balaban J connectivity index is 1.78. The number of likely N-dealkylation sites (tertiary alicyclic amines) is 1. The molecule has 0 aliphatic carbocycles. The molecule has 3 fully saturated rings. The summed E-state index contributed by atoms with van der Waals surface area (Å²) in [6, 6.07) is 5.17. The number of nitrogens with zero attached hydrogens (tertiary/aromatic N) is 2. The molecule has 35 heavy (non-hydrogen) atoms. The van der Waals surface area contributed by atoms with Crippen LogP contribution in [0.1, 0.15) is 30.4 Å². The third kappa shape index (κ3) is 4.10. The Kier molecular flexibility index (Phi) is 7.43. The Morgan fingerprint density at radius 2 is 2.00 bits per heavy atom. The zero-order valence-corrected chi connectivity index (χ0v) is 21.3. The van der Waals surface area contributed by atoms with E-state index in [0.29, 0.717) is 19.4 Å². The van der Waals surface area contributed by atoms with Crippen molar-refractivity contribution in [3.63, 3.8) is 0 Å². The second-order valence-electron chi connectivity index (χ2n) is 9.56. The summed E-state index contributed by atoms with van der Waals surface area (Å²) in [6.07, 6.45) is 5.02. The van der Waals surface area contributed by atoms with Crippen LogP contribution in [0.5, 0.6) is 0 Å². The number of rotatable bonds is 10. The van der Waals surface area contributed by atoms with Gasteiger partial charge in [-0.3, -0.25) is 14.4 Å². The summed E-state index contributed by atoms with van der Waals surface area (Å²) in [7, 11) is 0. The number of aliphatic hydroxyl groups excluding tert-OH is 1. The molecule has 0 radical (unpaired) electrons. The van der Waals surface area contributed by atoms with Crippen molar-refractivity contribution in [3.05, 3.63) is 54.6 Å². The second kappa shape index (κ2) is 10.2. The van der Waals surface area contributed by atoms with E-state index < -0.39 is 28.6 Å². The highest BCUT2D eigenvalue weighted by atomic mass is 32.2. The lowest BCUT2D eigenvalue weighted by atomic mass is 9.71. The molecule has 2 unspecified atom stereocenters. The van der Waals surface area contributed by atoms with Crippen LogP contribution < -0.4 is 4.90 Å². The van der Waals surface area contributed by atoms with Gasteiger partial charge < -0.3 is 19.6 Å². The molecule has 4 rings (SSSR count). The topological polar surface area (TPSA) is 87.2 Å². The minimum Gasteiger partial charge on any atom is -0.461 e. The van der Waals surface area contributed by atoms with E-state index >= 15 is 0 Å². The van der Waals surface area contributed by atoms with Crippen molar-refractivity contribution in [1.29, 1.82) is 0 Å². The molecule has 1 aromatic rings. The Hall–Kier alpha value is -2.58. The largest absolute Gasteiger partial charge is 0.461 e. The van der Waals surface area contributed by atoms with E-state index in [2.05, 4.69) is 13.2 Å². The average molecular weight is 499 g/mol. The first kappa shape index (κ1) is 25.5. The van der Waals surface area contributed by atoms with Gasteiger partial charge in [0.2, 0.25) is 5.91 Å². The summed E-state index contributed by atoms with van der Waals surface area (Å²) in [4.78, 5) is 44.6. The van der Waals surface area contributed by atoms with Crippen molar-refractivity contribution < 1.29 is 24.2 Å². The van der Waals surface area contributed by atoms with Gasteiger partial charge in [-0.1, -0.05) is 36.9 Å². The number of amides is 2. The van der Waals surface area contributed by atoms with Crippen molar-refractivity contribution >= 4 is 35.2 Å². The molecule has 2 bridgehead atoms. The van der Waals surface area contributed by atoms with Crippen LogP contribution in [0.4, 0.5) is 5.69 Å². The summed E-state index contributed by atoms with van der Waals surface area (Å²) in [5.41, 5.74) is 2.76. The molecule has 2 amide bonds. The number of esters is 1. The quantitative estimate of drug-likeness (QED) is 0.394. The van der Waals surface area contributed by atoms with E-state index in [1.807, 2.05) is 32.0 Å². The van der Waals surface area contributed by atoms with Crippen LogP contribution in [0.25, 0.3) is 0 Å². The number of hydrogen-bond donors (Lipinski definition) is 1. The summed E-state index contributed by atoms with van der Waals surface area (Å²) in [6.45, 7) is 12.0. The second-order valence-corrected chi connectivity index (χ2v) is 11.2. The number of carbonyl (C=O) groups excluding carboxylic acids is 3. The normalized spacial score (nSPS) is 28.7. The fraction of sp³-hybridized carbons (Fsp3) is 0.519. The molecule has 3 saturated heterocycles. The van der Waals surface area contributed by atoms with Crippen LogP contribution >= 0.6 is 11.8 Å². The number of ether oxygens (including phenoxy) is 1. The molecule has 3 aliphatic heterocycles. The predicted octanol–water partition coefficient (Wildman–Crippen LogP) is 3.03. The molecule has 3 heterocycles. The SMILES string of the molecule is C=CCOC(=O)[C@@H]1[C@@H]2CCC3(S2)C(C(=O)N(CC=C)c2c(C)cccc2C)N(CCCO)C(=O)[C@H]13. The van der Waals surface area contributed by atoms with Crippen LogP contribution in [-0.4, -0.2) is 70.1 Å². The zero-order chi connectivity index (χ0) is 25.3. The number of benzene rings is 1. The lowest BCUT2D eigenvalue weighted by molar-refractivity contribution is -0.153. The Morgan fingerprint density at radius 3 is 2.63 bits per heavy atom. The van der Waals surface area contributed by atoms with Gasteiger partial charge in [-0.15, -0.1) is 18.3 Å². The van der Waals surface area contributed by atoms with Gasteiger partial charge in [0, 0.05) is 30.6 Å². The molecule has 0 aromatic heterocycles. The number of fused-ring (bicyclic) bond motifs is 1. The fourth-order valence-corrected chi connectivity index (χ4v) is 8.42. The minimum absolute atomic E-state index is 0.0513. The number of hydrogen-bond acceptors (Lipinski definition) is 6. The first-order valence-corrected chi connectivity index (χ1v) is 13.1. The third-order valence-electron chi connectivity index (χ3n) is 7.49. The van der Waals surface area contributed by atoms with Gasteiger partial charge in [-0.05, 0) is 44.2 Å². The molecule has 5 atom stereocenters. The number of carbonyl (C=O) groups is 3. The molecular formula is C27H34N2O5S. The van der Waals surface area contributed by atoms with Gasteiger partial charge in [0.25, 0.3) is 5.91 Å². The van der Waals surface area contributed by atoms with Crippen LogP contribution in [0.15, 0.2) is 43.5 Å². The summed E-state index contributed by atoms with van der Waals surface area (Å²) < 4.78 is 4.70. The summed E-state index contributed by atoms with van der Waals surface area (Å²) in [5.74, 6) is -1.94. The lowest BCUT2D eigenvalue weighted by Crippen LogP contribution is -2.55. The minimum atomic E-state index is -0.724. The average Bonchev–Trinajstić information content (AvgIpc) is 3.47. The Bertz CT molecular complexity index is 1020. The highest BCUT2D eigenvalue weighted by molar-refractivity contribution is 8.02. The van der Waals surface area contributed by atoms with Gasteiger partial charge >= 0.3 is 5.97 Å². The van der Waals surface area contributed by atoms with E-state index in [1.165, 1.54) is 6.08 Å². The summed E-state index contributed by atoms with van der Waals surface area (Å²) in [5, 5.41) is 9.47. The van der Waals surface area contributed by atoms with E-state index in [4.69, 9.17) is 4.74 Å². The standard InChI is InChI=1S/C27H34N2O5S/c1-5-13-28(22-17(3)9-7-10-18(22)4)25(32)23-27-12-11-19(35-27)20(26(33)34-16-6-2)21(27)24(31)29(23)14-8-15-30/h5-7,9-10,19-21,23,30H,1-2,8,11-16H2,3-4H3/t19-,20+,21-,23?,27?/m0/s1. The summed E-state index contributed by atoms with van der Waals surface area (Å²) >= 11 is 1.61. The Labute approximate surface area is 211 Å². The van der Waals surface area contributed by atoms with E-state index in [9.17, 15) is 19.5 Å². The van der Waals surface area contributed by atoms with Crippen molar-refractivity contribution in [1.82, 2.24) is 4.90 Å². The highest BCUT2D eigenvalue weighted by Crippen LogP contribution is 2.66.